The average Bonchev–Trinajstić information content (AvgIpc) is 3.46. The van der Waals surface area contributed by atoms with Crippen LogP contribution in [0, 0.1) is 23.7 Å². The number of amides is 2. The summed E-state index contributed by atoms with van der Waals surface area (Å²) in [7, 11) is 3.91. The highest BCUT2D eigenvalue weighted by molar-refractivity contribution is 6.30. The molecule has 3 aliphatic rings. The molecule has 1 aliphatic heterocycles. The van der Waals surface area contributed by atoms with E-state index < -0.39 is 0 Å². The van der Waals surface area contributed by atoms with Crippen molar-refractivity contribution in [2.24, 2.45) is 28.8 Å². The number of imide groups is 1. The summed E-state index contributed by atoms with van der Waals surface area (Å²) in [6, 6.07) is 13.2. The molecule has 7 heteroatoms. The first kappa shape index (κ1) is 20.8. The molecule has 0 radical (unpaired) electrons. The van der Waals surface area contributed by atoms with Crippen LogP contribution in [0.25, 0.3) is 0 Å². The summed E-state index contributed by atoms with van der Waals surface area (Å²) in [5.41, 5.74) is 2.65. The maximum atomic E-state index is 12.9. The largest absolute Gasteiger partial charge is 0.488 e. The van der Waals surface area contributed by atoms with Gasteiger partial charge in [0, 0.05) is 36.4 Å². The van der Waals surface area contributed by atoms with Crippen molar-refractivity contribution in [2.45, 2.75) is 13.0 Å². The number of hydrazone groups is 1. The predicted octanol–water partition coefficient (Wildman–Crippen LogP) is 4.13. The van der Waals surface area contributed by atoms with Gasteiger partial charge in [-0.25, -0.2) is 0 Å². The van der Waals surface area contributed by atoms with Gasteiger partial charge in [-0.3, -0.25) is 9.59 Å². The lowest BCUT2D eigenvalue weighted by Gasteiger charge is -2.16. The Morgan fingerprint density at radius 2 is 1.72 bits per heavy atom. The van der Waals surface area contributed by atoms with Crippen LogP contribution in [0.15, 0.2) is 59.7 Å². The number of anilines is 1. The molecule has 2 aromatic carbocycles. The molecule has 1 saturated heterocycles. The van der Waals surface area contributed by atoms with E-state index in [2.05, 4.69) is 17.3 Å². The van der Waals surface area contributed by atoms with Crippen LogP contribution in [0.5, 0.6) is 5.75 Å². The molecule has 0 spiro atoms. The van der Waals surface area contributed by atoms with Crippen molar-refractivity contribution < 1.29 is 14.3 Å². The smallest absolute Gasteiger partial charge is 0.254 e. The first-order valence-corrected chi connectivity index (χ1v) is 11.1. The van der Waals surface area contributed by atoms with Crippen molar-refractivity contribution >= 4 is 35.3 Å². The number of halogens is 1. The number of ether oxygens (including phenoxy) is 1. The Hall–Kier alpha value is -3.12. The number of carbonyl (C=O) groups is 2. The maximum absolute atomic E-state index is 12.9. The number of nitrogens with zero attached hydrogens (tertiary/aromatic N) is 3. The van der Waals surface area contributed by atoms with E-state index in [4.69, 9.17) is 16.3 Å². The third-order valence-electron chi connectivity index (χ3n) is 6.58. The Morgan fingerprint density at radius 1 is 1.06 bits per heavy atom. The second kappa shape index (κ2) is 8.10. The van der Waals surface area contributed by atoms with E-state index >= 15 is 0 Å². The molecular weight excluding hydrogens is 426 g/mol. The lowest BCUT2D eigenvalue weighted by molar-refractivity contribution is -0.140. The maximum Gasteiger partial charge on any atom is 0.254 e. The third-order valence-corrected chi connectivity index (χ3v) is 6.83. The first-order chi connectivity index (χ1) is 15.4. The van der Waals surface area contributed by atoms with Crippen molar-refractivity contribution in [2.75, 3.05) is 19.0 Å². The minimum Gasteiger partial charge on any atom is -0.488 e. The van der Waals surface area contributed by atoms with E-state index in [1.165, 1.54) is 0 Å². The molecule has 2 amide bonds. The van der Waals surface area contributed by atoms with Gasteiger partial charge in [0.05, 0.1) is 18.1 Å². The first-order valence-electron chi connectivity index (χ1n) is 10.7. The zero-order chi connectivity index (χ0) is 22.4. The van der Waals surface area contributed by atoms with Gasteiger partial charge in [-0.15, -0.1) is 0 Å². The normalized spacial score (nSPS) is 25.8. The number of hydrogen-bond donors (Lipinski definition) is 0. The molecule has 0 N–H and O–H groups in total. The van der Waals surface area contributed by atoms with Gasteiger partial charge in [0.2, 0.25) is 0 Å². The second-order valence-electron chi connectivity index (χ2n) is 8.76. The summed E-state index contributed by atoms with van der Waals surface area (Å²) in [4.78, 5) is 27.7. The molecule has 2 aliphatic carbocycles. The van der Waals surface area contributed by atoms with Crippen LogP contribution in [-0.2, 0) is 16.2 Å². The van der Waals surface area contributed by atoms with E-state index in [0.29, 0.717) is 22.9 Å². The Labute approximate surface area is 192 Å². The summed E-state index contributed by atoms with van der Waals surface area (Å²) < 4.78 is 6.08. The van der Waals surface area contributed by atoms with Gasteiger partial charge in [0.15, 0.2) is 0 Å². The van der Waals surface area contributed by atoms with E-state index in [0.717, 1.165) is 22.7 Å². The van der Waals surface area contributed by atoms with Crippen LogP contribution >= 0.6 is 11.6 Å². The van der Waals surface area contributed by atoms with E-state index in [-0.39, 0.29) is 35.5 Å². The number of hydrogen-bond acceptors (Lipinski definition) is 5. The minimum atomic E-state index is -0.258. The van der Waals surface area contributed by atoms with E-state index in [9.17, 15) is 9.59 Å². The molecule has 6 nitrogen and oxygen atoms in total. The van der Waals surface area contributed by atoms with Crippen LogP contribution in [-0.4, -0.2) is 37.1 Å². The summed E-state index contributed by atoms with van der Waals surface area (Å²) in [6.45, 7) is 0.357. The molecule has 32 heavy (non-hydrogen) atoms. The van der Waals surface area contributed by atoms with Gasteiger partial charge < -0.3 is 9.64 Å². The van der Waals surface area contributed by atoms with Crippen LogP contribution in [0.4, 0.5) is 5.69 Å². The summed E-state index contributed by atoms with van der Waals surface area (Å²) in [5, 5.41) is 6.04. The number of fused-ring (bicyclic) bond motifs is 5. The quantitative estimate of drug-likeness (QED) is 0.378. The standard InChI is InChI=1S/C25H24ClN3O3/c1-28(2)20-10-7-18(21(12-20)32-14-15-3-8-19(26)9-4-15)13-27-29-24(30)22-16-5-6-17(11-16)23(22)25(29)31/h3-10,12-13,16-17,22-23H,11,14H2,1-2H3/t16-,17-,22-,23+/m0/s1. The Kier molecular flexibility index (Phi) is 5.25. The fraction of sp³-hybridized carbons (Fsp3) is 0.320. The molecule has 2 bridgehead atoms. The molecule has 0 unspecified atom stereocenters. The van der Waals surface area contributed by atoms with Crippen LogP contribution in [0.2, 0.25) is 5.02 Å². The van der Waals surface area contributed by atoms with Gasteiger partial charge >= 0.3 is 0 Å². The number of rotatable bonds is 6. The molecule has 2 aromatic rings. The fourth-order valence-electron chi connectivity index (χ4n) is 4.89. The molecule has 1 saturated carbocycles. The van der Waals surface area contributed by atoms with Crippen molar-refractivity contribution in [3.05, 3.63) is 70.8 Å². The van der Waals surface area contributed by atoms with E-state index in [1.807, 2.05) is 61.5 Å². The highest BCUT2D eigenvalue weighted by Gasteiger charge is 2.59. The van der Waals surface area contributed by atoms with E-state index in [1.54, 1.807) is 6.21 Å². The molecule has 5 rings (SSSR count). The molecule has 164 valence electrons. The van der Waals surface area contributed by atoms with Crippen LogP contribution in [0.1, 0.15) is 17.5 Å². The molecule has 1 heterocycles. The highest BCUT2D eigenvalue weighted by Crippen LogP contribution is 2.52. The van der Waals surface area contributed by atoms with Crippen molar-refractivity contribution in [3.8, 4) is 5.75 Å². The van der Waals surface area contributed by atoms with Gasteiger partial charge in [-0.05, 0) is 48.1 Å². The van der Waals surface area contributed by atoms with Crippen molar-refractivity contribution in [3.63, 3.8) is 0 Å². The monoisotopic (exact) mass is 449 g/mol. The highest BCUT2D eigenvalue weighted by atomic mass is 35.5. The number of benzene rings is 2. The Balaban J connectivity index is 1.38. The summed E-state index contributed by atoms with van der Waals surface area (Å²) in [5.74, 6) is 0.0515. The predicted molar refractivity (Wildman–Crippen MR) is 124 cm³/mol. The number of carbonyl (C=O) groups excluding carboxylic acids is 2. The minimum absolute atomic E-state index is 0.166. The molecule has 0 aromatic heterocycles. The SMILES string of the molecule is CN(C)c1ccc(C=NN2C(=O)[C@@H]3[C@H](C2=O)[C@H]2C=C[C@H]3C2)c(OCc2ccc(Cl)cc2)c1. The summed E-state index contributed by atoms with van der Waals surface area (Å²) in [6.07, 6.45) is 6.60. The zero-order valence-corrected chi connectivity index (χ0v) is 18.7. The summed E-state index contributed by atoms with van der Waals surface area (Å²) >= 11 is 5.97. The second-order valence-corrected chi connectivity index (χ2v) is 9.20. The van der Waals surface area contributed by atoms with Crippen molar-refractivity contribution in [1.29, 1.82) is 0 Å². The third kappa shape index (κ3) is 3.58. The van der Waals surface area contributed by atoms with Crippen molar-refractivity contribution in [1.82, 2.24) is 5.01 Å². The lowest BCUT2D eigenvalue weighted by atomic mass is 9.85. The zero-order valence-electron chi connectivity index (χ0n) is 17.9. The Morgan fingerprint density at radius 3 is 2.34 bits per heavy atom. The van der Waals surface area contributed by atoms with Crippen LogP contribution < -0.4 is 9.64 Å². The fourth-order valence-corrected chi connectivity index (χ4v) is 5.02. The van der Waals surface area contributed by atoms with Gasteiger partial charge in [0.1, 0.15) is 12.4 Å². The topological polar surface area (TPSA) is 62.2 Å². The average molecular weight is 450 g/mol. The number of allylic oxidation sites excluding steroid dienone is 2. The van der Waals surface area contributed by atoms with Crippen LogP contribution in [0.3, 0.4) is 0 Å². The van der Waals surface area contributed by atoms with Gasteiger partial charge in [0.25, 0.3) is 11.8 Å². The Bertz CT molecular complexity index is 1100. The molecular formula is C25H24ClN3O3. The molecule has 2 fully saturated rings. The molecule has 4 atom stereocenters. The van der Waals surface area contributed by atoms with Gasteiger partial charge in [-0.1, -0.05) is 35.9 Å². The lowest BCUT2D eigenvalue weighted by Crippen LogP contribution is -2.28. The van der Waals surface area contributed by atoms with Gasteiger partial charge in [-0.2, -0.15) is 10.1 Å².